The molecule has 7 nitrogen and oxygen atoms in total. The highest BCUT2D eigenvalue weighted by Crippen LogP contribution is 2.27. The normalized spacial score (nSPS) is 18.6. The smallest absolute Gasteiger partial charge is 0.243 e. The van der Waals surface area contributed by atoms with E-state index in [1.54, 1.807) is 12.1 Å². The Labute approximate surface area is 167 Å². The molecule has 0 bridgehead atoms. The Balaban J connectivity index is 1.69. The Kier molecular flexibility index (Phi) is 6.15. The number of sulfonamides is 1. The summed E-state index contributed by atoms with van der Waals surface area (Å²) in [6.45, 7) is 4.55. The van der Waals surface area contributed by atoms with Crippen molar-refractivity contribution >= 4 is 44.0 Å². The van der Waals surface area contributed by atoms with E-state index >= 15 is 0 Å². The molecule has 1 atom stereocenters. The summed E-state index contributed by atoms with van der Waals surface area (Å²) in [6, 6.07) is 6.06. The van der Waals surface area contributed by atoms with Crippen LogP contribution in [0.25, 0.3) is 0 Å². The van der Waals surface area contributed by atoms with Gasteiger partial charge in [-0.25, -0.2) is 8.42 Å². The number of rotatable bonds is 5. The van der Waals surface area contributed by atoms with E-state index in [1.807, 2.05) is 13.8 Å². The van der Waals surface area contributed by atoms with Crippen LogP contribution in [0, 0.1) is 5.92 Å². The number of hydrogen-bond acceptors (Lipinski definition) is 6. The molecule has 0 radical (unpaired) electrons. The van der Waals surface area contributed by atoms with Gasteiger partial charge in [-0.3, -0.25) is 4.79 Å². The molecule has 1 saturated heterocycles. The van der Waals surface area contributed by atoms with Crippen molar-refractivity contribution in [2.24, 2.45) is 5.92 Å². The van der Waals surface area contributed by atoms with Crippen LogP contribution in [-0.2, 0) is 14.8 Å². The monoisotopic (exact) mass is 428 g/mol. The van der Waals surface area contributed by atoms with Crippen LogP contribution >= 0.6 is 22.9 Å². The lowest BCUT2D eigenvalue weighted by molar-refractivity contribution is -0.120. The summed E-state index contributed by atoms with van der Waals surface area (Å²) in [6.07, 6.45) is 1.26. The van der Waals surface area contributed by atoms with Gasteiger partial charge in [-0.15, -0.1) is 10.2 Å². The summed E-state index contributed by atoms with van der Waals surface area (Å²) in [4.78, 5) is 12.8. The summed E-state index contributed by atoms with van der Waals surface area (Å²) in [5.74, 6) is -0.410. The van der Waals surface area contributed by atoms with Gasteiger partial charge in [0, 0.05) is 24.0 Å². The molecule has 0 spiro atoms. The van der Waals surface area contributed by atoms with Gasteiger partial charge in [-0.05, 0) is 37.1 Å². The predicted octanol–water partition coefficient (Wildman–Crippen LogP) is 3.35. The average molecular weight is 429 g/mol. The minimum absolute atomic E-state index is 0.145. The first-order chi connectivity index (χ1) is 12.8. The molecule has 1 fully saturated rings. The fraction of sp³-hybridized carbons (Fsp3) is 0.471. The lowest BCUT2D eigenvalue weighted by Crippen LogP contribution is -2.43. The summed E-state index contributed by atoms with van der Waals surface area (Å²) >= 11 is 7.18. The van der Waals surface area contributed by atoms with Gasteiger partial charge in [-0.2, -0.15) is 4.31 Å². The molecule has 1 aliphatic heterocycles. The second-order valence-electron chi connectivity index (χ2n) is 6.75. The van der Waals surface area contributed by atoms with Gasteiger partial charge < -0.3 is 5.32 Å². The quantitative estimate of drug-likeness (QED) is 0.788. The topological polar surface area (TPSA) is 92.3 Å². The zero-order valence-electron chi connectivity index (χ0n) is 15.1. The molecule has 146 valence electrons. The summed E-state index contributed by atoms with van der Waals surface area (Å²) in [5.41, 5.74) is 0. The van der Waals surface area contributed by atoms with E-state index in [4.69, 9.17) is 11.6 Å². The molecular weight excluding hydrogens is 408 g/mol. The molecular formula is C17H21ClN4O3S2. The average Bonchev–Trinajstić information content (AvgIpc) is 3.11. The Morgan fingerprint density at radius 1 is 1.30 bits per heavy atom. The number of carbonyl (C=O) groups excluding carboxylic acids is 1. The van der Waals surface area contributed by atoms with Gasteiger partial charge >= 0.3 is 0 Å². The molecule has 3 rings (SSSR count). The largest absolute Gasteiger partial charge is 0.300 e. The van der Waals surface area contributed by atoms with Gasteiger partial charge in [0.15, 0.2) is 0 Å². The molecule has 0 aliphatic carbocycles. The van der Waals surface area contributed by atoms with Crippen LogP contribution in [0.3, 0.4) is 0 Å². The first-order valence-electron chi connectivity index (χ1n) is 8.67. The van der Waals surface area contributed by atoms with Gasteiger partial charge in [-0.1, -0.05) is 36.8 Å². The SMILES string of the molecule is CC(C)c1nnc(NC(=O)C2CCCN(S(=O)(=O)c3ccc(Cl)cc3)C2)s1. The third kappa shape index (κ3) is 4.66. The lowest BCUT2D eigenvalue weighted by atomic mass is 9.99. The second-order valence-corrected chi connectivity index (χ2v) is 10.1. The molecule has 0 saturated carbocycles. The van der Waals surface area contributed by atoms with Crippen molar-refractivity contribution in [3.05, 3.63) is 34.3 Å². The van der Waals surface area contributed by atoms with Gasteiger partial charge in [0.2, 0.25) is 21.1 Å². The molecule has 10 heteroatoms. The van der Waals surface area contributed by atoms with E-state index in [-0.39, 0.29) is 23.3 Å². The predicted molar refractivity (Wildman–Crippen MR) is 106 cm³/mol. The van der Waals surface area contributed by atoms with Crippen LogP contribution in [0.2, 0.25) is 5.02 Å². The summed E-state index contributed by atoms with van der Waals surface area (Å²) < 4.78 is 27.0. The first-order valence-corrected chi connectivity index (χ1v) is 11.3. The van der Waals surface area contributed by atoms with Crippen molar-refractivity contribution in [1.82, 2.24) is 14.5 Å². The van der Waals surface area contributed by atoms with Crippen molar-refractivity contribution in [2.75, 3.05) is 18.4 Å². The standard InChI is InChI=1S/C17H21ClN4O3S2/c1-11(2)16-20-21-17(26-16)19-15(23)12-4-3-9-22(10-12)27(24,25)14-7-5-13(18)6-8-14/h5-8,11-12H,3-4,9-10H2,1-2H3,(H,19,21,23). The number of nitrogens with one attached hydrogen (secondary N) is 1. The van der Waals surface area contributed by atoms with Gasteiger partial charge in [0.1, 0.15) is 5.01 Å². The number of piperidine rings is 1. The maximum Gasteiger partial charge on any atom is 0.243 e. The van der Waals surface area contributed by atoms with Crippen LogP contribution in [-0.4, -0.2) is 41.9 Å². The fourth-order valence-corrected chi connectivity index (χ4v) is 5.25. The number of anilines is 1. The van der Waals surface area contributed by atoms with Crippen molar-refractivity contribution in [3.8, 4) is 0 Å². The van der Waals surface area contributed by atoms with Gasteiger partial charge in [0.25, 0.3) is 0 Å². The molecule has 2 heterocycles. The van der Waals surface area contributed by atoms with Crippen molar-refractivity contribution in [2.45, 2.75) is 37.5 Å². The zero-order valence-corrected chi connectivity index (χ0v) is 17.4. The molecule has 1 unspecified atom stereocenters. The number of carbonyl (C=O) groups is 1. The Morgan fingerprint density at radius 2 is 2.00 bits per heavy atom. The molecule has 1 aromatic carbocycles. The maximum absolute atomic E-state index is 12.8. The van der Waals surface area contributed by atoms with Crippen LogP contribution in [0.1, 0.15) is 37.6 Å². The summed E-state index contributed by atoms with van der Waals surface area (Å²) in [5, 5.41) is 12.6. The van der Waals surface area contributed by atoms with E-state index in [2.05, 4.69) is 15.5 Å². The number of nitrogens with zero attached hydrogens (tertiary/aromatic N) is 3. The molecule has 1 amide bonds. The molecule has 1 aromatic heterocycles. The van der Waals surface area contributed by atoms with Crippen molar-refractivity contribution < 1.29 is 13.2 Å². The zero-order chi connectivity index (χ0) is 19.6. The third-order valence-electron chi connectivity index (χ3n) is 4.37. The van der Waals surface area contributed by atoms with E-state index in [9.17, 15) is 13.2 Å². The Hall–Kier alpha value is -1.55. The molecule has 27 heavy (non-hydrogen) atoms. The van der Waals surface area contributed by atoms with E-state index in [0.29, 0.717) is 29.5 Å². The second kappa shape index (κ2) is 8.22. The number of amides is 1. The van der Waals surface area contributed by atoms with Crippen LogP contribution in [0.4, 0.5) is 5.13 Å². The number of aromatic nitrogens is 2. The highest BCUT2D eigenvalue weighted by Gasteiger charge is 2.33. The number of benzene rings is 1. The summed E-state index contributed by atoms with van der Waals surface area (Å²) in [7, 11) is -3.66. The molecule has 2 aromatic rings. The van der Waals surface area contributed by atoms with Crippen LogP contribution in [0.5, 0.6) is 0 Å². The number of halogens is 1. The Bertz CT molecular complexity index is 913. The molecule has 1 N–H and O–H groups in total. The first kappa shape index (κ1) is 20.2. The highest BCUT2D eigenvalue weighted by molar-refractivity contribution is 7.89. The van der Waals surface area contributed by atoms with Crippen LogP contribution < -0.4 is 5.32 Å². The van der Waals surface area contributed by atoms with E-state index in [0.717, 1.165) is 5.01 Å². The highest BCUT2D eigenvalue weighted by atomic mass is 35.5. The Morgan fingerprint density at radius 3 is 2.63 bits per heavy atom. The fourth-order valence-electron chi connectivity index (χ4n) is 2.86. The molecule has 1 aliphatic rings. The minimum atomic E-state index is -3.66. The third-order valence-corrected chi connectivity index (χ3v) is 7.64. The van der Waals surface area contributed by atoms with E-state index in [1.165, 1.54) is 27.8 Å². The van der Waals surface area contributed by atoms with Gasteiger partial charge in [0.05, 0.1) is 10.8 Å². The van der Waals surface area contributed by atoms with E-state index < -0.39 is 15.9 Å². The lowest BCUT2D eigenvalue weighted by Gasteiger charge is -2.31. The van der Waals surface area contributed by atoms with Crippen molar-refractivity contribution in [3.63, 3.8) is 0 Å². The van der Waals surface area contributed by atoms with Crippen molar-refractivity contribution in [1.29, 1.82) is 0 Å². The maximum atomic E-state index is 12.8. The minimum Gasteiger partial charge on any atom is -0.300 e. The number of hydrogen-bond donors (Lipinski definition) is 1. The van der Waals surface area contributed by atoms with Crippen LogP contribution in [0.15, 0.2) is 29.2 Å².